The molecule has 2 rings (SSSR count). The third-order valence-corrected chi connectivity index (χ3v) is 4.15. The molecule has 0 aliphatic carbocycles. The highest BCUT2D eigenvalue weighted by Crippen LogP contribution is 2.20. The number of amides is 1. The molecule has 4 nitrogen and oxygen atoms in total. The molecule has 0 unspecified atom stereocenters. The Morgan fingerprint density at radius 1 is 1.19 bits per heavy atom. The predicted octanol–water partition coefficient (Wildman–Crippen LogP) is 3.93. The van der Waals surface area contributed by atoms with Gasteiger partial charge in [-0.05, 0) is 58.5 Å². The van der Waals surface area contributed by atoms with Crippen molar-refractivity contribution in [3.05, 3.63) is 61.6 Å². The van der Waals surface area contributed by atoms with E-state index in [0.29, 0.717) is 16.8 Å². The summed E-state index contributed by atoms with van der Waals surface area (Å²) in [5, 5.41) is 11.6. The number of hydrogen-bond donors (Lipinski definition) is 2. The van der Waals surface area contributed by atoms with Gasteiger partial charge in [0.05, 0.1) is 12.0 Å². The zero-order valence-corrected chi connectivity index (χ0v) is 14.5. The molecule has 0 atom stereocenters. The SMILES string of the molecule is O=C(O)Cc1cccc(NC(=O)c2cc(Br)ccc2I)c1. The van der Waals surface area contributed by atoms with Crippen molar-refractivity contribution >= 4 is 56.1 Å². The molecule has 0 radical (unpaired) electrons. The lowest BCUT2D eigenvalue weighted by atomic mass is 10.1. The van der Waals surface area contributed by atoms with Crippen LogP contribution in [0.3, 0.4) is 0 Å². The van der Waals surface area contributed by atoms with Gasteiger partial charge in [0.15, 0.2) is 0 Å². The van der Waals surface area contributed by atoms with Gasteiger partial charge in [-0.1, -0.05) is 28.1 Å². The van der Waals surface area contributed by atoms with E-state index >= 15 is 0 Å². The Hall–Kier alpha value is -1.41. The van der Waals surface area contributed by atoms with Gasteiger partial charge < -0.3 is 10.4 Å². The lowest BCUT2D eigenvalue weighted by Gasteiger charge is -2.08. The highest BCUT2D eigenvalue weighted by atomic mass is 127. The van der Waals surface area contributed by atoms with E-state index in [9.17, 15) is 9.59 Å². The molecule has 6 heteroatoms. The van der Waals surface area contributed by atoms with Crippen LogP contribution in [-0.4, -0.2) is 17.0 Å². The van der Waals surface area contributed by atoms with Crippen LogP contribution in [0.1, 0.15) is 15.9 Å². The Morgan fingerprint density at radius 3 is 2.67 bits per heavy atom. The summed E-state index contributed by atoms with van der Waals surface area (Å²) in [6.45, 7) is 0. The summed E-state index contributed by atoms with van der Waals surface area (Å²) < 4.78 is 1.67. The first kappa shape index (κ1) is 16.0. The first-order valence-electron chi connectivity index (χ1n) is 6.03. The summed E-state index contributed by atoms with van der Waals surface area (Å²) >= 11 is 5.44. The number of benzene rings is 2. The summed E-state index contributed by atoms with van der Waals surface area (Å²) in [5.74, 6) is -1.13. The fourth-order valence-electron chi connectivity index (χ4n) is 1.80. The number of hydrogen-bond acceptors (Lipinski definition) is 2. The summed E-state index contributed by atoms with van der Waals surface area (Å²) in [4.78, 5) is 23.0. The van der Waals surface area contributed by atoms with E-state index in [0.717, 1.165) is 8.04 Å². The number of carbonyl (C=O) groups is 2. The molecule has 0 aromatic heterocycles. The van der Waals surface area contributed by atoms with Crippen LogP contribution in [0.4, 0.5) is 5.69 Å². The molecule has 0 saturated carbocycles. The second-order valence-electron chi connectivity index (χ2n) is 4.35. The number of carboxylic acids is 1. The van der Waals surface area contributed by atoms with Crippen LogP contribution in [0.2, 0.25) is 0 Å². The van der Waals surface area contributed by atoms with Crippen LogP contribution in [0.15, 0.2) is 46.9 Å². The molecule has 0 saturated heterocycles. The van der Waals surface area contributed by atoms with Crippen molar-refractivity contribution in [3.8, 4) is 0 Å². The second kappa shape index (κ2) is 7.04. The van der Waals surface area contributed by atoms with Crippen LogP contribution in [0.5, 0.6) is 0 Å². The molecule has 0 spiro atoms. The molecular weight excluding hydrogens is 449 g/mol. The van der Waals surface area contributed by atoms with Gasteiger partial charge in [-0.2, -0.15) is 0 Å². The highest BCUT2D eigenvalue weighted by Gasteiger charge is 2.11. The highest BCUT2D eigenvalue weighted by molar-refractivity contribution is 14.1. The molecular formula is C15H11BrINO3. The number of anilines is 1. The smallest absolute Gasteiger partial charge is 0.307 e. The lowest BCUT2D eigenvalue weighted by Crippen LogP contribution is -2.13. The number of rotatable bonds is 4. The molecule has 0 aliphatic rings. The Bertz CT molecular complexity index is 703. The van der Waals surface area contributed by atoms with Gasteiger partial charge in [0.2, 0.25) is 0 Å². The summed E-state index contributed by atoms with van der Waals surface area (Å²) in [6.07, 6.45) is -0.0713. The molecule has 0 fully saturated rings. The average molecular weight is 460 g/mol. The van der Waals surface area contributed by atoms with Gasteiger partial charge in [-0.15, -0.1) is 0 Å². The third-order valence-electron chi connectivity index (χ3n) is 2.71. The predicted molar refractivity (Wildman–Crippen MR) is 92.6 cm³/mol. The van der Waals surface area contributed by atoms with E-state index in [1.54, 1.807) is 30.3 Å². The van der Waals surface area contributed by atoms with Gasteiger partial charge in [0.25, 0.3) is 5.91 Å². The van der Waals surface area contributed by atoms with E-state index in [2.05, 4.69) is 43.8 Å². The number of nitrogens with one attached hydrogen (secondary N) is 1. The van der Waals surface area contributed by atoms with E-state index in [4.69, 9.17) is 5.11 Å². The average Bonchev–Trinajstić information content (AvgIpc) is 2.41. The van der Waals surface area contributed by atoms with Crippen molar-refractivity contribution in [1.82, 2.24) is 0 Å². The monoisotopic (exact) mass is 459 g/mol. The molecule has 108 valence electrons. The molecule has 21 heavy (non-hydrogen) atoms. The minimum atomic E-state index is -0.903. The van der Waals surface area contributed by atoms with Crippen molar-refractivity contribution in [2.45, 2.75) is 6.42 Å². The molecule has 1 amide bonds. The van der Waals surface area contributed by atoms with Crippen molar-refractivity contribution < 1.29 is 14.7 Å². The largest absolute Gasteiger partial charge is 0.481 e. The van der Waals surface area contributed by atoms with Crippen molar-refractivity contribution in [3.63, 3.8) is 0 Å². The first-order chi connectivity index (χ1) is 9.95. The van der Waals surface area contributed by atoms with Crippen molar-refractivity contribution in [2.75, 3.05) is 5.32 Å². The number of aliphatic carboxylic acids is 1. The van der Waals surface area contributed by atoms with Gasteiger partial charge in [0.1, 0.15) is 0 Å². The second-order valence-corrected chi connectivity index (χ2v) is 6.43. The first-order valence-corrected chi connectivity index (χ1v) is 7.90. The molecule has 2 aromatic carbocycles. The van der Waals surface area contributed by atoms with Gasteiger partial charge >= 0.3 is 5.97 Å². The maximum absolute atomic E-state index is 12.3. The van der Waals surface area contributed by atoms with Crippen LogP contribution < -0.4 is 5.32 Å². The summed E-state index contributed by atoms with van der Waals surface area (Å²) in [5.41, 5.74) is 1.78. The number of halogens is 2. The minimum absolute atomic E-state index is 0.0713. The van der Waals surface area contributed by atoms with E-state index in [1.807, 2.05) is 12.1 Å². The zero-order valence-electron chi connectivity index (χ0n) is 10.8. The maximum Gasteiger partial charge on any atom is 0.307 e. The fourth-order valence-corrected chi connectivity index (χ4v) is 2.75. The number of carboxylic acid groups (broad SMARTS) is 1. The summed E-state index contributed by atoms with van der Waals surface area (Å²) in [6, 6.07) is 12.3. The molecule has 0 heterocycles. The Kier molecular flexibility index (Phi) is 5.35. The zero-order chi connectivity index (χ0) is 15.4. The Labute approximate surface area is 143 Å². The lowest BCUT2D eigenvalue weighted by molar-refractivity contribution is -0.136. The van der Waals surface area contributed by atoms with Crippen molar-refractivity contribution in [2.24, 2.45) is 0 Å². The maximum atomic E-state index is 12.3. The van der Waals surface area contributed by atoms with E-state index in [1.165, 1.54) is 0 Å². The van der Waals surface area contributed by atoms with Gasteiger partial charge in [-0.3, -0.25) is 9.59 Å². The fraction of sp³-hybridized carbons (Fsp3) is 0.0667. The van der Waals surface area contributed by atoms with Crippen LogP contribution >= 0.6 is 38.5 Å². The molecule has 2 N–H and O–H groups in total. The number of carbonyl (C=O) groups excluding carboxylic acids is 1. The molecule has 0 bridgehead atoms. The van der Waals surface area contributed by atoms with Crippen LogP contribution in [0.25, 0.3) is 0 Å². The minimum Gasteiger partial charge on any atom is -0.481 e. The Morgan fingerprint density at radius 2 is 1.95 bits per heavy atom. The van der Waals surface area contributed by atoms with E-state index in [-0.39, 0.29) is 12.3 Å². The molecule has 0 aliphatic heterocycles. The van der Waals surface area contributed by atoms with Crippen LogP contribution in [-0.2, 0) is 11.2 Å². The van der Waals surface area contributed by atoms with Crippen LogP contribution in [0, 0.1) is 3.57 Å². The topological polar surface area (TPSA) is 66.4 Å². The molecule has 2 aromatic rings. The summed E-state index contributed by atoms with van der Waals surface area (Å²) in [7, 11) is 0. The Balaban J connectivity index is 2.19. The van der Waals surface area contributed by atoms with Crippen molar-refractivity contribution in [1.29, 1.82) is 0 Å². The normalized spacial score (nSPS) is 10.2. The van der Waals surface area contributed by atoms with Gasteiger partial charge in [-0.25, -0.2) is 0 Å². The quantitative estimate of drug-likeness (QED) is 0.680. The van der Waals surface area contributed by atoms with Gasteiger partial charge in [0, 0.05) is 13.7 Å². The third kappa shape index (κ3) is 4.53. The van der Waals surface area contributed by atoms with E-state index < -0.39 is 5.97 Å². The standard InChI is InChI=1S/C15H11BrINO3/c16-10-4-5-13(17)12(8-10)15(21)18-11-3-1-2-9(6-11)7-14(19)20/h1-6,8H,7H2,(H,18,21)(H,19,20).